The van der Waals surface area contributed by atoms with Gasteiger partial charge in [-0.2, -0.15) is 0 Å². The first kappa shape index (κ1) is 27.1. The van der Waals surface area contributed by atoms with E-state index < -0.39 is 11.6 Å². The highest BCUT2D eigenvalue weighted by Crippen LogP contribution is 2.21. The average molecular weight is 509 g/mol. The summed E-state index contributed by atoms with van der Waals surface area (Å²) in [5, 5.41) is 3.56. The van der Waals surface area contributed by atoms with E-state index in [1.807, 2.05) is 75.4 Å². The van der Waals surface area contributed by atoms with Crippen LogP contribution in [0.4, 0.5) is 0 Å². The van der Waals surface area contributed by atoms with Crippen molar-refractivity contribution in [2.24, 2.45) is 0 Å². The third-order valence-electron chi connectivity index (χ3n) is 5.41. The van der Waals surface area contributed by atoms with Gasteiger partial charge in [-0.15, -0.1) is 0 Å². The van der Waals surface area contributed by atoms with Gasteiger partial charge >= 0.3 is 0 Å². The van der Waals surface area contributed by atoms with Crippen LogP contribution in [-0.4, -0.2) is 42.0 Å². The largest absolute Gasteiger partial charge is 0.497 e. The second-order valence-electron chi connectivity index (χ2n) is 9.56. The van der Waals surface area contributed by atoms with Crippen LogP contribution in [-0.2, 0) is 22.6 Å². The highest BCUT2D eigenvalue weighted by atomic mass is 35.5. The number of rotatable bonds is 10. The lowest BCUT2D eigenvalue weighted by atomic mass is 10.0. The Kier molecular flexibility index (Phi) is 9.37. The SMILES string of the molecule is COc1cccc(CN(C(=O)COc2cccc(Cl)c2)[C@@H](Cc2ccccc2)C(=O)NC(C)(C)C)c1. The number of carbonyl (C=O) groups excluding carboxylic acids is 2. The number of amides is 2. The first-order valence-corrected chi connectivity index (χ1v) is 12.2. The average Bonchev–Trinajstić information content (AvgIpc) is 2.84. The number of halogens is 1. The smallest absolute Gasteiger partial charge is 0.261 e. The van der Waals surface area contributed by atoms with E-state index in [4.69, 9.17) is 21.1 Å². The van der Waals surface area contributed by atoms with E-state index in [1.54, 1.807) is 36.3 Å². The topological polar surface area (TPSA) is 67.9 Å². The summed E-state index contributed by atoms with van der Waals surface area (Å²) in [6.45, 7) is 5.73. The molecule has 0 spiro atoms. The standard InChI is InChI=1S/C29H33ClN2O4/c1-29(2,3)31-28(34)26(17-21-10-6-5-7-11-21)32(19-22-12-8-14-24(16-22)35-4)27(33)20-36-25-15-9-13-23(30)18-25/h5-16,18,26H,17,19-20H2,1-4H3,(H,31,34)/t26-/m0/s1. The van der Waals surface area contributed by atoms with E-state index in [1.165, 1.54) is 0 Å². The molecule has 1 N–H and O–H groups in total. The molecule has 0 saturated heterocycles. The molecule has 0 saturated carbocycles. The van der Waals surface area contributed by atoms with Gasteiger partial charge < -0.3 is 19.7 Å². The van der Waals surface area contributed by atoms with Gasteiger partial charge in [0.05, 0.1) is 7.11 Å². The lowest BCUT2D eigenvalue weighted by Gasteiger charge is -2.33. The molecule has 36 heavy (non-hydrogen) atoms. The van der Waals surface area contributed by atoms with E-state index in [2.05, 4.69) is 5.32 Å². The zero-order valence-corrected chi connectivity index (χ0v) is 21.9. The molecule has 6 nitrogen and oxygen atoms in total. The molecule has 7 heteroatoms. The zero-order valence-electron chi connectivity index (χ0n) is 21.2. The molecule has 0 aliphatic carbocycles. The Labute approximate surface area is 218 Å². The maximum atomic E-state index is 13.6. The van der Waals surface area contributed by atoms with Crippen molar-refractivity contribution in [1.29, 1.82) is 0 Å². The van der Waals surface area contributed by atoms with E-state index >= 15 is 0 Å². The zero-order chi connectivity index (χ0) is 26.1. The first-order chi connectivity index (χ1) is 17.1. The van der Waals surface area contributed by atoms with Crippen molar-refractivity contribution >= 4 is 23.4 Å². The third kappa shape index (κ3) is 8.31. The summed E-state index contributed by atoms with van der Waals surface area (Å²) in [6.07, 6.45) is 0.357. The number of ether oxygens (including phenoxy) is 2. The summed E-state index contributed by atoms with van der Waals surface area (Å²) >= 11 is 6.06. The fraction of sp³-hybridized carbons (Fsp3) is 0.310. The quantitative estimate of drug-likeness (QED) is 0.404. The van der Waals surface area contributed by atoms with E-state index in [9.17, 15) is 9.59 Å². The highest BCUT2D eigenvalue weighted by Gasteiger charge is 2.32. The minimum absolute atomic E-state index is 0.212. The van der Waals surface area contributed by atoms with Crippen molar-refractivity contribution in [3.63, 3.8) is 0 Å². The monoisotopic (exact) mass is 508 g/mol. The van der Waals surface area contributed by atoms with Gasteiger partial charge in [-0.3, -0.25) is 9.59 Å². The fourth-order valence-corrected chi connectivity index (χ4v) is 3.94. The van der Waals surface area contributed by atoms with Crippen molar-refractivity contribution in [3.8, 4) is 11.5 Å². The molecule has 0 radical (unpaired) electrons. The first-order valence-electron chi connectivity index (χ1n) is 11.8. The maximum Gasteiger partial charge on any atom is 0.261 e. The number of nitrogens with zero attached hydrogens (tertiary/aromatic N) is 1. The number of hydrogen-bond acceptors (Lipinski definition) is 4. The van der Waals surface area contributed by atoms with Crippen LogP contribution in [0.5, 0.6) is 11.5 Å². The van der Waals surface area contributed by atoms with Crippen LogP contribution < -0.4 is 14.8 Å². The number of benzene rings is 3. The molecule has 0 heterocycles. The molecule has 0 fully saturated rings. The predicted octanol–water partition coefficient (Wildman–Crippen LogP) is 5.28. The van der Waals surface area contributed by atoms with Crippen LogP contribution >= 0.6 is 11.6 Å². The molecule has 3 rings (SSSR count). The summed E-state index contributed by atoms with van der Waals surface area (Å²) < 4.78 is 11.1. The lowest BCUT2D eigenvalue weighted by Crippen LogP contribution is -2.55. The Morgan fingerprint density at radius 1 is 0.917 bits per heavy atom. The Morgan fingerprint density at radius 2 is 1.58 bits per heavy atom. The number of nitrogens with one attached hydrogen (secondary N) is 1. The van der Waals surface area contributed by atoms with Gasteiger partial charge in [0, 0.05) is 23.5 Å². The summed E-state index contributed by atoms with van der Waals surface area (Å²) in [5.74, 6) is 0.609. The molecule has 3 aromatic carbocycles. The number of methoxy groups -OCH3 is 1. The minimum atomic E-state index is -0.756. The molecule has 2 amide bonds. The van der Waals surface area contributed by atoms with Crippen LogP contribution in [0, 0.1) is 0 Å². The molecule has 0 aliphatic rings. The van der Waals surface area contributed by atoms with Crippen molar-refractivity contribution in [2.75, 3.05) is 13.7 Å². The normalized spacial score (nSPS) is 11.9. The Hall–Kier alpha value is -3.51. The van der Waals surface area contributed by atoms with Gasteiger partial charge in [-0.25, -0.2) is 0 Å². The third-order valence-corrected chi connectivity index (χ3v) is 5.65. The fourth-order valence-electron chi connectivity index (χ4n) is 3.76. The van der Waals surface area contributed by atoms with E-state index in [0.29, 0.717) is 22.9 Å². The summed E-state index contributed by atoms with van der Waals surface area (Å²) in [4.78, 5) is 28.7. The van der Waals surface area contributed by atoms with Gasteiger partial charge in [0.2, 0.25) is 5.91 Å². The van der Waals surface area contributed by atoms with Gasteiger partial charge in [0.15, 0.2) is 6.61 Å². The maximum absolute atomic E-state index is 13.6. The Morgan fingerprint density at radius 3 is 2.25 bits per heavy atom. The molecular formula is C29H33ClN2O4. The highest BCUT2D eigenvalue weighted by molar-refractivity contribution is 6.30. The summed E-state index contributed by atoms with van der Waals surface area (Å²) in [5.41, 5.74) is 1.33. The molecule has 190 valence electrons. The molecule has 0 bridgehead atoms. The number of carbonyl (C=O) groups is 2. The Bertz CT molecular complexity index is 1160. The molecule has 3 aromatic rings. The molecule has 1 atom stereocenters. The molecular weight excluding hydrogens is 476 g/mol. The van der Waals surface area contributed by atoms with Crippen molar-refractivity contribution in [3.05, 3.63) is 95.0 Å². The van der Waals surface area contributed by atoms with Crippen molar-refractivity contribution < 1.29 is 19.1 Å². The summed E-state index contributed by atoms with van der Waals surface area (Å²) in [6, 6.07) is 23.3. The predicted molar refractivity (Wildman–Crippen MR) is 142 cm³/mol. The summed E-state index contributed by atoms with van der Waals surface area (Å²) in [7, 11) is 1.59. The van der Waals surface area contributed by atoms with E-state index in [-0.39, 0.29) is 25.0 Å². The molecule has 0 unspecified atom stereocenters. The van der Waals surface area contributed by atoms with Crippen LogP contribution in [0.3, 0.4) is 0 Å². The minimum Gasteiger partial charge on any atom is -0.497 e. The van der Waals surface area contributed by atoms with Gasteiger partial charge in [0.1, 0.15) is 17.5 Å². The molecule has 0 aromatic heterocycles. The Balaban J connectivity index is 1.94. The van der Waals surface area contributed by atoms with Gasteiger partial charge in [-0.1, -0.05) is 60.1 Å². The van der Waals surface area contributed by atoms with Crippen LogP contribution in [0.1, 0.15) is 31.9 Å². The van der Waals surface area contributed by atoms with Crippen molar-refractivity contribution in [1.82, 2.24) is 10.2 Å². The van der Waals surface area contributed by atoms with Crippen LogP contribution in [0.2, 0.25) is 5.02 Å². The van der Waals surface area contributed by atoms with E-state index in [0.717, 1.165) is 11.1 Å². The van der Waals surface area contributed by atoms with Crippen molar-refractivity contribution in [2.45, 2.75) is 45.3 Å². The lowest BCUT2D eigenvalue weighted by molar-refractivity contribution is -0.143. The van der Waals surface area contributed by atoms with Gasteiger partial charge in [0.25, 0.3) is 5.91 Å². The second-order valence-corrected chi connectivity index (χ2v) is 10.0. The number of hydrogen-bond donors (Lipinski definition) is 1. The van der Waals surface area contributed by atoms with Crippen LogP contribution in [0.25, 0.3) is 0 Å². The molecule has 0 aliphatic heterocycles. The van der Waals surface area contributed by atoms with Gasteiger partial charge in [-0.05, 0) is 62.2 Å². The van der Waals surface area contributed by atoms with Crippen LogP contribution in [0.15, 0.2) is 78.9 Å². The second kappa shape index (κ2) is 12.5.